The minimum absolute atomic E-state index is 0.0117. The summed E-state index contributed by atoms with van der Waals surface area (Å²) in [5.74, 6) is -0.121. The number of nitrogens with zero attached hydrogens (tertiary/aromatic N) is 1. The van der Waals surface area contributed by atoms with Gasteiger partial charge in [-0.05, 0) is 116 Å². The van der Waals surface area contributed by atoms with E-state index in [0.29, 0.717) is 49.1 Å². The van der Waals surface area contributed by atoms with Gasteiger partial charge in [0.1, 0.15) is 12.7 Å². The molecule has 1 aromatic heterocycles. The summed E-state index contributed by atoms with van der Waals surface area (Å²) in [6.45, 7) is 11.2. The van der Waals surface area contributed by atoms with Gasteiger partial charge in [-0.3, -0.25) is 4.79 Å². The predicted molar refractivity (Wildman–Crippen MR) is 205 cm³/mol. The maximum atomic E-state index is 13.6. The number of aromatic amines is 1. The molecule has 0 radical (unpaired) electrons. The van der Waals surface area contributed by atoms with Crippen molar-refractivity contribution in [3.63, 3.8) is 0 Å². The number of nitrogens with one attached hydrogen (secondary N) is 2. The largest absolute Gasteiger partial charge is 0.459 e. The summed E-state index contributed by atoms with van der Waals surface area (Å²) in [5.41, 5.74) is 11.3. The van der Waals surface area contributed by atoms with E-state index in [-0.39, 0.29) is 48.8 Å². The highest BCUT2D eigenvalue weighted by molar-refractivity contribution is 5.89. The van der Waals surface area contributed by atoms with Crippen LogP contribution in [0, 0.1) is 33.8 Å². The van der Waals surface area contributed by atoms with Gasteiger partial charge in [-0.25, -0.2) is 4.79 Å². The molecule has 1 saturated carbocycles. The third kappa shape index (κ3) is 12.0. The van der Waals surface area contributed by atoms with Crippen LogP contribution in [-0.2, 0) is 32.1 Å². The first-order valence-electron chi connectivity index (χ1n) is 19.2. The van der Waals surface area contributed by atoms with Gasteiger partial charge in [0.2, 0.25) is 5.91 Å². The fraction of sp³-hybridized carbons (Fsp3) is 0.610. The molecule has 0 aliphatic heterocycles. The Kier molecular flexibility index (Phi) is 15.7. The molecule has 1 aliphatic carbocycles. The molecule has 12 nitrogen and oxygen atoms in total. The van der Waals surface area contributed by atoms with Crippen molar-refractivity contribution in [3.8, 4) is 0 Å². The molecule has 1 amide bonds. The number of carbonyl (C=O) groups excluding carboxylic acids is 2. The topological polar surface area (TPSA) is 179 Å². The van der Waals surface area contributed by atoms with E-state index in [1.54, 1.807) is 31.4 Å². The molecule has 2 aromatic carbocycles. The molecule has 1 fully saturated rings. The average Bonchev–Trinajstić information content (AvgIpc) is 3.54. The van der Waals surface area contributed by atoms with Gasteiger partial charge < -0.3 is 35.5 Å². The van der Waals surface area contributed by atoms with E-state index >= 15 is 0 Å². The fourth-order valence-corrected chi connectivity index (χ4v) is 7.70. The molecular formula is C41H60N4O8. The maximum Gasteiger partial charge on any atom is 0.338 e. The number of rotatable bonds is 20. The molecule has 292 valence electrons. The van der Waals surface area contributed by atoms with E-state index in [1.807, 2.05) is 13.8 Å². The standard InChI is InChI=1S/C41H60N4O8/c1-25(2)34(27(5)30-13-18-38-36(20-30)31(23-43-38)8-7-19-51-6)21-37(42)39(46)22-35(26(3)4)40(47)44-32-14-16-33(17-15-32)53-41(48)29-11-9-28(10-12-29)24-52-45(49)50/h9-13,18,20,23,25-27,32-35,37,39,43,46H,7-8,14-17,19,21-22,24,42H2,1-6H3,(H,44,47)/t27?,32?,33?,34-,35-,37-,39-/m0/s1. The van der Waals surface area contributed by atoms with Gasteiger partial charge in [0.15, 0.2) is 0 Å². The number of benzene rings is 2. The lowest BCUT2D eigenvalue weighted by Crippen LogP contribution is -2.46. The molecule has 5 N–H and O–H groups in total. The molecule has 0 saturated heterocycles. The normalized spacial score (nSPS) is 19.1. The number of methoxy groups -OCH3 is 1. The smallest absolute Gasteiger partial charge is 0.338 e. The van der Waals surface area contributed by atoms with Crippen molar-refractivity contribution >= 4 is 22.8 Å². The van der Waals surface area contributed by atoms with E-state index in [2.05, 4.69) is 60.3 Å². The number of aliphatic hydroxyl groups excluding tert-OH is 1. The molecule has 4 rings (SSSR count). The molecule has 0 bridgehead atoms. The third-order valence-electron chi connectivity index (χ3n) is 11.1. The Morgan fingerprint density at radius 2 is 1.72 bits per heavy atom. The summed E-state index contributed by atoms with van der Waals surface area (Å²) >= 11 is 0. The quantitative estimate of drug-likeness (QED) is 0.0418. The highest BCUT2D eigenvalue weighted by Crippen LogP contribution is 2.36. The number of aryl methyl sites for hydroxylation is 1. The van der Waals surface area contributed by atoms with Crippen LogP contribution in [0.15, 0.2) is 48.7 Å². The van der Waals surface area contributed by atoms with E-state index < -0.39 is 29.1 Å². The number of hydrogen-bond acceptors (Lipinski definition) is 9. The lowest BCUT2D eigenvalue weighted by molar-refractivity contribution is -0.763. The summed E-state index contributed by atoms with van der Waals surface area (Å²) < 4.78 is 11.0. The molecule has 1 heterocycles. The minimum atomic E-state index is -0.860. The van der Waals surface area contributed by atoms with Crippen molar-refractivity contribution in [1.29, 1.82) is 0 Å². The third-order valence-corrected chi connectivity index (χ3v) is 11.1. The molecule has 1 aliphatic rings. The number of H-pyrrole nitrogens is 1. The van der Waals surface area contributed by atoms with Crippen molar-refractivity contribution in [2.75, 3.05) is 13.7 Å². The Balaban J connectivity index is 1.28. The first-order chi connectivity index (χ1) is 25.3. The summed E-state index contributed by atoms with van der Waals surface area (Å²) in [6.07, 6.45) is 6.42. The maximum absolute atomic E-state index is 13.6. The Labute approximate surface area is 313 Å². The zero-order valence-corrected chi connectivity index (χ0v) is 32.2. The summed E-state index contributed by atoms with van der Waals surface area (Å²) in [4.78, 5) is 44.5. The highest BCUT2D eigenvalue weighted by Gasteiger charge is 2.33. The summed E-state index contributed by atoms with van der Waals surface area (Å²) in [5, 5.41) is 25.4. The molecule has 12 heteroatoms. The first kappa shape index (κ1) is 41.8. The number of fused-ring (bicyclic) bond motifs is 1. The molecule has 53 heavy (non-hydrogen) atoms. The van der Waals surface area contributed by atoms with Crippen LogP contribution in [0.25, 0.3) is 10.9 Å². The number of nitrogens with two attached hydrogens (primary N) is 1. The summed E-state index contributed by atoms with van der Waals surface area (Å²) in [7, 11) is 1.73. The van der Waals surface area contributed by atoms with Gasteiger partial charge in [-0.1, -0.05) is 52.8 Å². The highest BCUT2D eigenvalue weighted by atomic mass is 16.9. The second kappa shape index (κ2) is 19.9. The van der Waals surface area contributed by atoms with Crippen LogP contribution in [0.3, 0.4) is 0 Å². The van der Waals surface area contributed by atoms with Gasteiger partial charge in [0.05, 0.1) is 11.7 Å². The number of aromatic nitrogens is 1. The van der Waals surface area contributed by atoms with Gasteiger partial charge in [-0.15, -0.1) is 10.1 Å². The van der Waals surface area contributed by atoms with E-state index in [1.165, 1.54) is 16.5 Å². The molecular weight excluding hydrogens is 676 g/mol. The SMILES string of the molecule is COCCCc1c[nH]c2ccc(C(C)[C@@H](C[C@H](N)[C@@H](O)C[C@H](C(=O)NC3CCC(OC(=O)c4ccc(CO[N+](=O)[O-])cc4)CC3)C(C)C)C(C)C)cc12. The second-order valence-electron chi connectivity index (χ2n) is 15.5. The van der Waals surface area contributed by atoms with E-state index in [0.717, 1.165) is 25.0 Å². The van der Waals surface area contributed by atoms with E-state index in [9.17, 15) is 24.8 Å². The van der Waals surface area contributed by atoms with Gasteiger partial charge in [-0.2, -0.15) is 0 Å². The summed E-state index contributed by atoms with van der Waals surface area (Å²) in [6, 6.07) is 12.4. The Bertz CT molecular complexity index is 1620. The zero-order chi connectivity index (χ0) is 38.7. The number of ether oxygens (including phenoxy) is 2. The monoisotopic (exact) mass is 736 g/mol. The van der Waals surface area contributed by atoms with Crippen molar-refractivity contribution in [2.45, 2.75) is 123 Å². The van der Waals surface area contributed by atoms with Crippen LogP contribution in [-0.4, -0.2) is 65.1 Å². The van der Waals surface area contributed by atoms with E-state index in [4.69, 9.17) is 15.2 Å². The predicted octanol–water partition coefficient (Wildman–Crippen LogP) is 6.86. The average molecular weight is 737 g/mol. The lowest BCUT2D eigenvalue weighted by Gasteiger charge is -2.34. The Hall–Kier alpha value is -4.00. The van der Waals surface area contributed by atoms with Crippen LogP contribution in [0.4, 0.5) is 0 Å². The van der Waals surface area contributed by atoms with Crippen molar-refractivity contribution in [2.24, 2.45) is 29.4 Å². The lowest BCUT2D eigenvalue weighted by atomic mass is 9.75. The van der Waals surface area contributed by atoms with Crippen LogP contribution in [0.2, 0.25) is 0 Å². The molecule has 5 atom stereocenters. The van der Waals surface area contributed by atoms with Crippen LogP contribution >= 0.6 is 0 Å². The number of hydrogen-bond donors (Lipinski definition) is 4. The zero-order valence-electron chi connectivity index (χ0n) is 32.2. The Morgan fingerprint density at radius 1 is 1.02 bits per heavy atom. The van der Waals surface area contributed by atoms with Gasteiger partial charge in [0, 0.05) is 48.8 Å². The van der Waals surface area contributed by atoms with Crippen molar-refractivity contribution in [3.05, 3.63) is 81.0 Å². The number of aliphatic hydroxyl groups is 1. The minimum Gasteiger partial charge on any atom is -0.459 e. The van der Waals surface area contributed by atoms with Crippen LogP contribution in [0.5, 0.6) is 0 Å². The van der Waals surface area contributed by atoms with Crippen molar-refractivity contribution < 1.29 is 34.1 Å². The first-order valence-corrected chi connectivity index (χ1v) is 19.2. The molecule has 3 aromatic rings. The molecule has 1 unspecified atom stereocenters. The number of esters is 1. The Morgan fingerprint density at radius 3 is 2.34 bits per heavy atom. The number of carbonyl (C=O) groups is 2. The number of amides is 1. The fourth-order valence-electron chi connectivity index (χ4n) is 7.70. The van der Waals surface area contributed by atoms with Crippen molar-refractivity contribution in [1.82, 2.24) is 10.3 Å². The van der Waals surface area contributed by atoms with Gasteiger partial charge >= 0.3 is 5.97 Å². The molecule has 0 spiro atoms. The second-order valence-corrected chi connectivity index (χ2v) is 15.5. The van der Waals surface area contributed by atoms with Gasteiger partial charge in [0.25, 0.3) is 5.09 Å². The van der Waals surface area contributed by atoms with Crippen LogP contribution < -0.4 is 11.1 Å². The van der Waals surface area contributed by atoms with Crippen LogP contribution in [0.1, 0.15) is 113 Å².